The number of sulfonamides is 1. The first-order valence-electron chi connectivity index (χ1n) is 6.45. The van der Waals surface area contributed by atoms with Crippen LogP contribution in [0.2, 0.25) is 0 Å². The summed E-state index contributed by atoms with van der Waals surface area (Å²) in [6, 6.07) is 8.42. The molecular weight excluding hydrogens is 260 g/mol. The molecule has 0 heterocycles. The second-order valence-corrected chi connectivity index (χ2v) is 6.35. The molecule has 4 nitrogen and oxygen atoms in total. The van der Waals surface area contributed by atoms with Crippen molar-refractivity contribution < 1.29 is 8.42 Å². The van der Waals surface area contributed by atoms with Crippen LogP contribution in [0.5, 0.6) is 0 Å². The van der Waals surface area contributed by atoms with Crippen molar-refractivity contribution in [3.05, 3.63) is 29.8 Å². The second kappa shape index (κ2) is 7.27. The first kappa shape index (κ1) is 15.7. The monoisotopic (exact) mass is 280 g/mol. The highest BCUT2D eigenvalue weighted by Crippen LogP contribution is 2.13. The van der Waals surface area contributed by atoms with Crippen molar-refractivity contribution in [1.82, 2.24) is 4.72 Å². The number of unbranched alkanes of at least 4 members (excludes halogenated alkanes) is 1. The molecule has 104 valence electrons. The SMILES string of the molecule is CCCC[C@@H](CC#N)NS(=O)(=O)c1ccc(C)cc1. The van der Waals surface area contributed by atoms with Gasteiger partial charge in [-0.05, 0) is 25.5 Å². The number of nitrogens with one attached hydrogen (secondary N) is 1. The molecule has 0 amide bonds. The van der Waals surface area contributed by atoms with Crippen LogP contribution in [0.25, 0.3) is 0 Å². The van der Waals surface area contributed by atoms with E-state index in [0.717, 1.165) is 18.4 Å². The first-order chi connectivity index (χ1) is 8.99. The van der Waals surface area contributed by atoms with E-state index in [1.165, 1.54) is 0 Å². The molecule has 0 aliphatic rings. The average Bonchev–Trinajstić information content (AvgIpc) is 2.36. The zero-order chi connectivity index (χ0) is 14.3. The topological polar surface area (TPSA) is 70.0 Å². The Kier molecular flexibility index (Phi) is 6.00. The first-order valence-corrected chi connectivity index (χ1v) is 7.94. The molecule has 5 heteroatoms. The van der Waals surface area contributed by atoms with Gasteiger partial charge in [-0.2, -0.15) is 5.26 Å². The third-order valence-electron chi connectivity index (χ3n) is 2.90. The molecule has 0 bridgehead atoms. The maximum absolute atomic E-state index is 12.2. The van der Waals surface area contributed by atoms with Gasteiger partial charge in [0.15, 0.2) is 0 Å². The fourth-order valence-corrected chi connectivity index (χ4v) is 3.04. The normalized spacial score (nSPS) is 12.9. The summed E-state index contributed by atoms with van der Waals surface area (Å²) < 4.78 is 27.0. The Morgan fingerprint density at radius 1 is 1.32 bits per heavy atom. The molecule has 0 aliphatic heterocycles. The summed E-state index contributed by atoms with van der Waals surface area (Å²) in [5.41, 5.74) is 1.01. The van der Waals surface area contributed by atoms with E-state index in [4.69, 9.17) is 5.26 Å². The molecular formula is C14H20N2O2S. The van der Waals surface area contributed by atoms with Gasteiger partial charge in [0.2, 0.25) is 10.0 Å². The lowest BCUT2D eigenvalue weighted by molar-refractivity contribution is 0.516. The lowest BCUT2D eigenvalue weighted by Gasteiger charge is -2.15. The number of nitriles is 1. The van der Waals surface area contributed by atoms with Crippen LogP contribution in [0.3, 0.4) is 0 Å². The Balaban J connectivity index is 2.81. The summed E-state index contributed by atoms with van der Waals surface area (Å²) in [4.78, 5) is 0.248. The quantitative estimate of drug-likeness (QED) is 0.835. The fourth-order valence-electron chi connectivity index (χ4n) is 1.77. The minimum Gasteiger partial charge on any atom is -0.207 e. The van der Waals surface area contributed by atoms with E-state index in [0.29, 0.717) is 6.42 Å². The van der Waals surface area contributed by atoms with Gasteiger partial charge in [0.25, 0.3) is 0 Å². The Bertz CT molecular complexity index is 530. The fraction of sp³-hybridized carbons (Fsp3) is 0.500. The highest BCUT2D eigenvalue weighted by Gasteiger charge is 2.19. The second-order valence-electron chi connectivity index (χ2n) is 4.64. The summed E-state index contributed by atoms with van der Waals surface area (Å²) in [6.07, 6.45) is 2.77. The van der Waals surface area contributed by atoms with Gasteiger partial charge in [-0.15, -0.1) is 0 Å². The summed E-state index contributed by atoms with van der Waals surface area (Å²) in [7, 11) is -3.53. The van der Waals surface area contributed by atoms with Crippen LogP contribution >= 0.6 is 0 Å². The number of nitrogens with zero attached hydrogens (tertiary/aromatic N) is 1. The molecule has 0 aromatic heterocycles. The molecule has 19 heavy (non-hydrogen) atoms. The van der Waals surface area contributed by atoms with Gasteiger partial charge in [0.05, 0.1) is 17.4 Å². The molecule has 1 aromatic rings. The van der Waals surface area contributed by atoms with E-state index < -0.39 is 10.0 Å². The number of aryl methyl sites for hydroxylation is 1. The van der Waals surface area contributed by atoms with Gasteiger partial charge in [0, 0.05) is 6.04 Å². The predicted molar refractivity (Wildman–Crippen MR) is 75.0 cm³/mol. The Morgan fingerprint density at radius 2 is 1.95 bits per heavy atom. The Morgan fingerprint density at radius 3 is 2.47 bits per heavy atom. The molecule has 0 aliphatic carbocycles. The van der Waals surface area contributed by atoms with Gasteiger partial charge in [-0.3, -0.25) is 0 Å². The Hall–Kier alpha value is -1.38. The summed E-state index contributed by atoms with van der Waals surface area (Å²) in [5, 5.41) is 8.75. The summed E-state index contributed by atoms with van der Waals surface area (Å²) >= 11 is 0. The van der Waals surface area contributed by atoms with Crippen LogP contribution in [0, 0.1) is 18.3 Å². The van der Waals surface area contributed by atoms with Crippen LogP contribution in [-0.4, -0.2) is 14.5 Å². The zero-order valence-electron chi connectivity index (χ0n) is 11.4. The molecule has 0 saturated heterocycles. The number of rotatable bonds is 7. The van der Waals surface area contributed by atoms with Crippen LogP contribution < -0.4 is 4.72 Å². The molecule has 0 saturated carbocycles. The average molecular weight is 280 g/mol. The molecule has 1 aromatic carbocycles. The Labute approximate surface area is 115 Å². The van der Waals surface area contributed by atoms with E-state index in [1.54, 1.807) is 24.3 Å². The molecule has 0 radical (unpaired) electrons. The molecule has 0 unspecified atom stereocenters. The molecule has 1 N–H and O–H groups in total. The van der Waals surface area contributed by atoms with E-state index in [1.807, 2.05) is 19.9 Å². The summed E-state index contributed by atoms with van der Waals surface area (Å²) in [6.45, 7) is 3.95. The van der Waals surface area contributed by atoms with Crippen molar-refractivity contribution in [3.63, 3.8) is 0 Å². The number of benzene rings is 1. The van der Waals surface area contributed by atoms with Crippen molar-refractivity contribution >= 4 is 10.0 Å². The summed E-state index contributed by atoms with van der Waals surface area (Å²) in [5.74, 6) is 0. The van der Waals surface area contributed by atoms with Crippen molar-refractivity contribution in [2.75, 3.05) is 0 Å². The van der Waals surface area contributed by atoms with E-state index in [2.05, 4.69) is 4.72 Å². The van der Waals surface area contributed by atoms with Gasteiger partial charge in [0.1, 0.15) is 0 Å². The standard InChI is InChI=1S/C14H20N2O2S/c1-3-4-5-13(10-11-15)16-19(17,18)14-8-6-12(2)7-9-14/h6-9,13,16H,3-5,10H2,1-2H3/t13-/m0/s1. The van der Waals surface area contributed by atoms with Crippen molar-refractivity contribution in [2.45, 2.75) is 50.5 Å². The van der Waals surface area contributed by atoms with Gasteiger partial charge >= 0.3 is 0 Å². The lowest BCUT2D eigenvalue weighted by Crippen LogP contribution is -2.34. The highest BCUT2D eigenvalue weighted by molar-refractivity contribution is 7.89. The van der Waals surface area contributed by atoms with Crippen LogP contribution in [0.15, 0.2) is 29.2 Å². The third kappa shape index (κ3) is 5.01. The van der Waals surface area contributed by atoms with E-state index >= 15 is 0 Å². The number of hydrogen-bond acceptors (Lipinski definition) is 3. The van der Waals surface area contributed by atoms with E-state index in [-0.39, 0.29) is 17.4 Å². The molecule has 1 rings (SSSR count). The zero-order valence-corrected chi connectivity index (χ0v) is 12.2. The minimum absolute atomic E-state index is 0.199. The molecule has 0 spiro atoms. The van der Waals surface area contributed by atoms with Crippen molar-refractivity contribution in [3.8, 4) is 6.07 Å². The van der Waals surface area contributed by atoms with Gasteiger partial charge in [-0.1, -0.05) is 37.5 Å². The number of hydrogen-bond donors (Lipinski definition) is 1. The lowest BCUT2D eigenvalue weighted by atomic mass is 10.1. The smallest absolute Gasteiger partial charge is 0.207 e. The maximum atomic E-state index is 12.2. The van der Waals surface area contributed by atoms with Gasteiger partial charge in [-0.25, -0.2) is 13.1 Å². The minimum atomic E-state index is -3.53. The van der Waals surface area contributed by atoms with Crippen molar-refractivity contribution in [1.29, 1.82) is 5.26 Å². The van der Waals surface area contributed by atoms with Crippen molar-refractivity contribution in [2.24, 2.45) is 0 Å². The van der Waals surface area contributed by atoms with Crippen LogP contribution in [0.4, 0.5) is 0 Å². The van der Waals surface area contributed by atoms with Crippen LogP contribution in [0.1, 0.15) is 38.2 Å². The largest absolute Gasteiger partial charge is 0.240 e. The van der Waals surface area contributed by atoms with Gasteiger partial charge < -0.3 is 0 Å². The highest BCUT2D eigenvalue weighted by atomic mass is 32.2. The van der Waals surface area contributed by atoms with Crippen LogP contribution in [-0.2, 0) is 10.0 Å². The third-order valence-corrected chi connectivity index (χ3v) is 4.43. The molecule has 1 atom stereocenters. The predicted octanol–water partition coefficient (Wildman–Crippen LogP) is 2.75. The maximum Gasteiger partial charge on any atom is 0.240 e. The molecule has 0 fully saturated rings. The van der Waals surface area contributed by atoms with E-state index in [9.17, 15) is 8.42 Å².